The Morgan fingerprint density at radius 3 is 1.62 bits per heavy atom. The van der Waals surface area contributed by atoms with Crippen molar-refractivity contribution in [2.75, 3.05) is 32.7 Å². The minimum Gasteiger partial charge on any atom is -0.473 e. The molecule has 2 aromatic carbocycles. The normalized spacial score (nSPS) is 15.6. The summed E-state index contributed by atoms with van der Waals surface area (Å²) >= 11 is 0. The maximum Gasteiger partial charge on any atom is 0.414 e. The molecule has 2 saturated heterocycles. The summed E-state index contributed by atoms with van der Waals surface area (Å²) in [4.78, 5) is 34.9. The average molecular weight is 515 g/mol. The highest BCUT2D eigenvalue weighted by atomic mass is 19.1. The van der Waals surface area contributed by atoms with E-state index in [4.69, 9.17) is 19.8 Å². The number of carboxylic acid groups (broad SMARTS) is 2. The zero-order valence-corrected chi connectivity index (χ0v) is 20.7. The molecular formula is C28H32F2N2O5. The molecule has 0 radical (unpaired) electrons. The molecule has 2 fully saturated rings. The van der Waals surface area contributed by atoms with Crippen molar-refractivity contribution in [3.8, 4) is 0 Å². The van der Waals surface area contributed by atoms with E-state index in [2.05, 4.69) is 4.90 Å². The maximum absolute atomic E-state index is 13.5. The van der Waals surface area contributed by atoms with E-state index in [-0.39, 0.29) is 11.6 Å². The third kappa shape index (κ3) is 8.49. The summed E-state index contributed by atoms with van der Waals surface area (Å²) in [6.45, 7) is 4.67. The number of nitrogens with zero attached hydrogens (tertiary/aromatic N) is 2. The summed E-state index contributed by atoms with van der Waals surface area (Å²) < 4.78 is 26.9. The number of carbonyl (C=O) groups is 3. The van der Waals surface area contributed by atoms with Crippen LogP contribution in [0.5, 0.6) is 0 Å². The van der Waals surface area contributed by atoms with E-state index in [1.165, 1.54) is 29.8 Å². The lowest BCUT2D eigenvalue weighted by Crippen LogP contribution is -2.33. The monoisotopic (exact) mass is 514 g/mol. The number of hydrogen-bond acceptors (Lipinski definition) is 4. The number of piperidine rings is 1. The van der Waals surface area contributed by atoms with Gasteiger partial charge in [0.05, 0.1) is 0 Å². The molecule has 0 spiro atoms. The molecule has 2 heterocycles. The van der Waals surface area contributed by atoms with Gasteiger partial charge < -0.3 is 20.0 Å². The van der Waals surface area contributed by atoms with Crippen LogP contribution < -0.4 is 0 Å². The minimum absolute atomic E-state index is 0.259. The first-order chi connectivity index (χ1) is 17.7. The van der Waals surface area contributed by atoms with E-state index >= 15 is 0 Å². The molecule has 2 aromatic rings. The first-order valence-electron chi connectivity index (χ1n) is 12.4. The SMILES string of the molecule is O=C(CCCN1CCC(=C(c2ccc(F)cc2)c2ccc(F)cc2)CC1)N1CCCC1.O=C(O)C(=O)O. The number of amides is 1. The van der Waals surface area contributed by atoms with Gasteiger partial charge in [-0.05, 0) is 79.6 Å². The van der Waals surface area contributed by atoms with Crippen LogP contribution in [-0.4, -0.2) is 70.6 Å². The lowest BCUT2D eigenvalue weighted by Gasteiger charge is -2.30. The lowest BCUT2D eigenvalue weighted by atomic mass is 9.88. The number of carbonyl (C=O) groups excluding carboxylic acids is 1. The first-order valence-corrected chi connectivity index (χ1v) is 12.4. The second kappa shape index (κ2) is 13.6. The van der Waals surface area contributed by atoms with E-state index < -0.39 is 11.9 Å². The maximum atomic E-state index is 13.5. The van der Waals surface area contributed by atoms with Gasteiger partial charge in [-0.25, -0.2) is 18.4 Å². The fourth-order valence-electron chi connectivity index (χ4n) is 4.68. The van der Waals surface area contributed by atoms with Gasteiger partial charge in [-0.15, -0.1) is 0 Å². The van der Waals surface area contributed by atoms with Crippen LogP contribution in [0.2, 0.25) is 0 Å². The molecule has 1 amide bonds. The Kier molecular flexibility index (Phi) is 10.3. The van der Waals surface area contributed by atoms with Gasteiger partial charge in [-0.3, -0.25) is 4.79 Å². The largest absolute Gasteiger partial charge is 0.473 e. The highest BCUT2D eigenvalue weighted by Crippen LogP contribution is 2.32. The molecule has 0 saturated carbocycles. The van der Waals surface area contributed by atoms with Crippen LogP contribution in [0.4, 0.5) is 8.78 Å². The van der Waals surface area contributed by atoms with E-state index in [0.29, 0.717) is 12.3 Å². The van der Waals surface area contributed by atoms with Crippen LogP contribution in [0.3, 0.4) is 0 Å². The predicted molar refractivity (Wildman–Crippen MR) is 135 cm³/mol. The Morgan fingerprint density at radius 2 is 1.19 bits per heavy atom. The highest BCUT2D eigenvalue weighted by molar-refractivity contribution is 6.27. The third-order valence-electron chi connectivity index (χ3n) is 6.59. The third-order valence-corrected chi connectivity index (χ3v) is 6.59. The van der Waals surface area contributed by atoms with Crippen molar-refractivity contribution >= 4 is 23.4 Å². The second-order valence-corrected chi connectivity index (χ2v) is 9.14. The fourth-order valence-corrected chi connectivity index (χ4v) is 4.68. The van der Waals surface area contributed by atoms with Crippen LogP contribution in [0.1, 0.15) is 49.7 Å². The Balaban J connectivity index is 0.000000568. The molecule has 0 aliphatic carbocycles. The molecule has 0 bridgehead atoms. The summed E-state index contributed by atoms with van der Waals surface area (Å²) in [6.07, 6.45) is 5.65. The molecule has 0 unspecified atom stereocenters. The molecule has 37 heavy (non-hydrogen) atoms. The van der Waals surface area contributed by atoms with Crippen molar-refractivity contribution in [2.45, 2.75) is 38.5 Å². The number of benzene rings is 2. The van der Waals surface area contributed by atoms with Gasteiger partial charge in [-0.2, -0.15) is 0 Å². The van der Waals surface area contributed by atoms with E-state index in [1.54, 1.807) is 24.3 Å². The van der Waals surface area contributed by atoms with Gasteiger partial charge in [0, 0.05) is 32.6 Å². The smallest absolute Gasteiger partial charge is 0.414 e. The Morgan fingerprint density at radius 1 is 0.730 bits per heavy atom. The van der Waals surface area contributed by atoms with Gasteiger partial charge in [-0.1, -0.05) is 29.8 Å². The van der Waals surface area contributed by atoms with Gasteiger partial charge in [0.1, 0.15) is 11.6 Å². The predicted octanol–water partition coefficient (Wildman–Crippen LogP) is 4.42. The highest BCUT2D eigenvalue weighted by Gasteiger charge is 2.21. The van der Waals surface area contributed by atoms with Crippen LogP contribution in [-0.2, 0) is 14.4 Å². The fraction of sp³-hybridized carbons (Fsp3) is 0.393. The van der Waals surface area contributed by atoms with Crippen molar-refractivity contribution in [1.82, 2.24) is 9.80 Å². The van der Waals surface area contributed by atoms with Gasteiger partial charge in [0.2, 0.25) is 5.91 Å². The number of rotatable bonds is 6. The van der Waals surface area contributed by atoms with Gasteiger partial charge in [0.15, 0.2) is 0 Å². The topological polar surface area (TPSA) is 98.2 Å². The molecule has 7 nitrogen and oxygen atoms in total. The number of carboxylic acids is 2. The summed E-state index contributed by atoms with van der Waals surface area (Å²) in [7, 11) is 0. The zero-order chi connectivity index (χ0) is 26.8. The molecule has 9 heteroatoms. The molecule has 2 aliphatic rings. The molecule has 0 aromatic heterocycles. The summed E-state index contributed by atoms with van der Waals surface area (Å²) in [5, 5.41) is 14.8. The molecular weight excluding hydrogens is 482 g/mol. The van der Waals surface area contributed by atoms with Crippen molar-refractivity contribution in [2.24, 2.45) is 0 Å². The van der Waals surface area contributed by atoms with Crippen molar-refractivity contribution in [1.29, 1.82) is 0 Å². The Hall–Kier alpha value is -3.59. The van der Waals surface area contributed by atoms with Crippen LogP contribution in [0, 0.1) is 11.6 Å². The average Bonchev–Trinajstić information content (AvgIpc) is 3.43. The van der Waals surface area contributed by atoms with Crippen LogP contribution >= 0.6 is 0 Å². The van der Waals surface area contributed by atoms with Crippen molar-refractivity contribution < 1.29 is 33.4 Å². The first kappa shape index (κ1) is 28.0. The summed E-state index contributed by atoms with van der Waals surface area (Å²) in [5.41, 5.74) is 4.34. The van der Waals surface area contributed by atoms with E-state index in [1.807, 2.05) is 4.90 Å². The standard InChI is InChI=1S/C26H30F2N2O.C2H2O4/c27-23-9-5-20(6-10-23)26(21-7-11-24(28)12-8-21)22-13-18-29(19-14-22)15-3-4-25(31)30-16-1-2-17-30;3-1(4)2(5)6/h5-12H,1-4,13-19H2;(H,3,4)(H,5,6). The molecule has 0 atom stereocenters. The Bertz CT molecular complexity index is 1040. The summed E-state index contributed by atoms with van der Waals surface area (Å²) in [6, 6.07) is 13.1. The van der Waals surface area contributed by atoms with Gasteiger partial charge >= 0.3 is 11.9 Å². The molecule has 4 rings (SSSR count). The molecule has 2 N–H and O–H groups in total. The number of likely N-dealkylation sites (tertiary alicyclic amines) is 2. The summed E-state index contributed by atoms with van der Waals surface area (Å²) in [5.74, 6) is -3.87. The molecule has 198 valence electrons. The molecule has 2 aliphatic heterocycles. The lowest BCUT2D eigenvalue weighted by molar-refractivity contribution is -0.159. The minimum atomic E-state index is -1.82. The number of hydrogen-bond donors (Lipinski definition) is 2. The van der Waals surface area contributed by atoms with Crippen molar-refractivity contribution in [3.05, 3.63) is 76.9 Å². The van der Waals surface area contributed by atoms with E-state index in [0.717, 1.165) is 81.5 Å². The second-order valence-electron chi connectivity index (χ2n) is 9.14. The Labute approximate surface area is 215 Å². The number of aliphatic carboxylic acids is 2. The van der Waals surface area contributed by atoms with Crippen molar-refractivity contribution in [3.63, 3.8) is 0 Å². The van der Waals surface area contributed by atoms with E-state index in [9.17, 15) is 13.6 Å². The van der Waals surface area contributed by atoms with Crippen LogP contribution in [0.25, 0.3) is 5.57 Å². The zero-order valence-electron chi connectivity index (χ0n) is 20.7. The number of halogens is 2. The van der Waals surface area contributed by atoms with Crippen LogP contribution in [0.15, 0.2) is 54.1 Å². The quantitative estimate of drug-likeness (QED) is 0.554. The van der Waals surface area contributed by atoms with Gasteiger partial charge in [0.25, 0.3) is 0 Å².